The van der Waals surface area contributed by atoms with Gasteiger partial charge in [0.05, 0.1) is 0 Å². The molecule has 2 N–H and O–H groups in total. The molecule has 0 amide bonds. The van der Waals surface area contributed by atoms with Gasteiger partial charge in [0.25, 0.3) is 0 Å². The van der Waals surface area contributed by atoms with E-state index in [-0.39, 0.29) is 0 Å². The highest BCUT2D eigenvalue weighted by molar-refractivity contribution is 8.00. The molecule has 0 radical (unpaired) electrons. The first kappa shape index (κ1) is 11.1. The summed E-state index contributed by atoms with van der Waals surface area (Å²) in [6.07, 6.45) is 3.61. The van der Waals surface area contributed by atoms with Crippen molar-refractivity contribution < 1.29 is 0 Å². The van der Waals surface area contributed by atoms with Crippen molar-refractivity contribution in [2.24, 2.45) is 5.73 Å². The Morgan fingerprint density at radius 3 is 2.59 bits per heavy atom. The molecule has 1 aliphatic carbocycles. The number of thioether (sulfide) groups is 1. The summed E-state index contributed by atoms with van der Waals surface area (Å²) in [6, 6.07) is 15.7. The van der Waals surface area contributed by atoms with Gasteiger partial charge in [-0.3, -0.25) is 0 Å². The molecule has 0 saturated heterocycles. The molecule has 1 fully saturated rings. The van der Waals surface area contributed by atoms with E-state index in [4.69, 9.17) is 5.73 Å². The van der Waals surface area contributed by atoms with Crippen molar-refractivity contribution >= 4 is 22.5 Å². The quantitative estimate of drug-likeness (QED) is 0.868. The van der Waals surface area contributed by atoms with Crippen molar-refractivity contribution in [1.82, 2.24) is 0 Å². The lowest BCUT2D eigenvalue weighted by molar-refractivity contribution is 0.706. The van der Waals surface area contributed by atoms with Gasteiger partial charge < -0.3 is 5.73 Å². The van der Waals surface area contributed by atoms with Crippen LogP contribution in [0, 0.1) is 0 Å². The predicted octanol–water partition coefficient (Wildman–Crippen LogP) is 3.81. The van der Waals surface area contributed by atoms with Crippen molar-refractivity contribution in [1.29, 1.82) is 0 Å². The summed E-state index contributed by atoms with van der Waals surface area (Å²) in [5.41, 5.74) is 5.96. The lowest BCUT2D eigenvalue weighted by Gasteiger charge is -2.09. The van der Waals surface area contributed by atoms with Crippen LogP contribution in [0.15, 0.2) is 47.4 Å². The van der Waals surface area contributed by atoms with Crippen molar-refractivity contribution in [3.05, 3.63) is 42.5 Å². The standard InChI is InChI=1S/C15H17NS/c16-13-6-8-15(10-13)17-14-7-5-11-3-1-2-4-12(11)9-14/h1-5,7,9,13,15H,6,8,10,16H2. The number of fused-ring (bicyclic) bond motifs is 1. The average Bonchev–Trinajstić information content (AvgIpc) is 2.75. The van der Waals surface area contributed by atoms with E-state index in [0.717, 1.165) is 6.42 Å². The third kappa shape index (κ3) is 2.48. The number of rotatable bonds is 2. The van der Waals surface area contributed by atoms with Gasteiger partial charge in [-0.15, -0.1) is 11.8 Å². The highest BCUT2D eigenvalue weighted by Gasteiger charge is 2.22. The second kappa shape index (κ2) is 4.71. The summed E-state index contributed by atoms with van der Waals surface area (Å²) in [7, 11) is 0. The van der Waals surface area contributed by atoms with Crippen LogP contribution in [0.25, 0.3) is 10.8 Å². The fourth-order valence-electron chi connectivity index (χ4n) is 2.51. The lowest BCUT2D eigenvalue weighted by atomic mass is 10.1. The van der Waals surface area contributed by atoms with E-state index in [9.17, 15) is 0 Å². The zero-order valence-electron chi connectivity index (χ0n) is 9.80. The van der Waals surface area contributed by atoms with Crippen molar-refractivity contribution in [2.75, 3.05) is 0 Å². The second-order valence-corrected chi connectivity index (χ2v) is 6.20. The zero-order valence-corrected chi connectivity index (χ0v) is 10.6. The van der Waals surface area contributed by atoms with Crippen molar-refractivity contribution in [2.45, 2.75) is 35.4 Å². The Kier molecular flexibility index (Phi) is 3.08. The molecule has 3 rings (SSSR count). The molecule has 2 heteroatoms. The highest BCUT2D eigenvalue weighted by atomic mass is 32.2. The highest BCUT2D eigenvalue weighted by Crippen LogP contribution is 2.35. The van der Waals surface area contributed by atoms with E-state index in [1.54, 1.807) is 0 Å². The minimum atomic E-state index is 0.424. The van der Waals surface area contributed by atoms with Crippen LogP contribution in [-0.4, -0.2) is 11.3 Å². The molecule has 2 aromatic carbocycles. The SMILES string of the molecule is NC1CCC(Sc2ccc3ccccc3c2)C1. The lowest BCUT2D eigenvalue weighted by Crippen LogP contribution is -2.15. The molecule has 1 nitrogen and oxygen atoms in total. The fourth-order valence-corrected chi connectivity index (χ4v) is 3.84. The first-order chi connectivity index (χ1) is 8.31. The molecule has 0 aliphatic heterocycles. The molecule has 17 heavy (non-hydrogen) atoms. The Morgan fingerprint density at radius 2 is 1.82 bits per heavy atom. The fraction of sp³-hybridized carbons (Fsp3) is 0.333. The Bertz CT molecular complexity index is 523. The number of nitrogens with two attached hydrogens (primary N) is 1. The van der Waals surface area contributed by atoms with E-state index < -0.39 is 0 Å². The molecule has 88 valence electrons. The molecule has 0 spiro atoms. The monoisotopic (exact) mass is 243 g/mol. The summed E-state index contributed by atoms with van der Waals surface area (Å²) < 4.78 is 0. The van der Waals surface area contributed by atoms with E-state index >= 15 is 0 Å². The first-order valence-corrected chi connectivity index (χ1v) is 7.10. The minimum absolute atomic E-state index is 0.424. The van der Waals surface area contributed by atoms with Gasteiger partial charge >= 0.3 is 0 Å². The third-order valence-electron chi connectivity index (χ3n) is 3.45. The smallest absolute Gasteiger partial charge is 0.0110 e. The molecule has 1 saturated carbocycles. The maximum absolute atomic E-state index is 5.96. The summed E-state index contributed by atoms with van der Waals surface area (Å²) >= 11 is 1.99. The third-order valence-corrected chi connectivity index (χ3v) is 4.74. The van der Waals surface area contributed by atoms with Gasteiger partial charge in [0, 0.05) is 16.2 Å². The normalized spacial score (nSPS) is 24.3. The topological polar surface area (TPSA) is 26.0 Å². The Hall–Kier alpha value is -0.990. The number of hydrogen-bond acceptors (Lipinski definition) is 2. The zero-order chi connectivity index (χ0) is 11.7. The average molecular weight is 243 g/mol. The first-order valence-electron chi connectivity index (χ1n) is 6.22. The minimum Gasteiger partial charge on any atom is -0.328 e. The maximum atomic E-state index is 5.96. The van der Waals surface area contributed by atoms with Crippen LogP contribution in [0.2, 0.25) is 0 Å². The van der Waals surface area contributed by atoms with E-state index in [1.165, 1.54) is 28.5 Å². The summed E-state index contributed by atoms with van der Waals surface area (Å²) in [5.74, 6) is 0. The molecule has 0 heterocycles. The van der Waals surface area contributed by atoms with Crippen LogP contribution in [0.5, 0.6) is 0 Å². The molecule has 2 aromatic rings. The van der Waals surface area contributed by atoms with Crippen LogP contribution in [0.4, 0.5) is 0 Å². The molecular formula is C15H17NS. The van der Waals surface area contributed by atoms with Crippen molar-refractivity contribution in [3.8, 4) is 0 Å². The van der Waals surface area contributed by atoms with E-state index in [0.29, 0.717) is 11.3 Å². The summed E-state index contributed by atoms with van der Waals surface area (Å²) in [4.78, 5) is 1.38. The predicted molar refractivity (Wildman–Crippen MR) is 75.4 cm³/mol. The van der Waals surface area contributed by atoms with Crippen LogP contribution >= 0.6 is 11.8 Å². The van der Waals surface area contributed by atoms with Gasteiger partial charge in [-0.25, -0.2) is 0 Å². The van der Waals surface area contributed by atoms with Crippen LogP contribution in [0.1, 0.15) is 19.3 Å². The van der Waals surface area contributed by atoms with Gasteiger partial charge in [0.1, 0.15) is 0 Å². The van der Waals surface area contributed by atoms with Crippen LogP contribution in [0.3, 0.4) is 0 Å². The number of hydrogen-bond donors (Lipinski definition) is 1. The largest absolute Gasteiger partial charge is 0.328 e. The Morgan fingerprint density at radius 1 is 1.00 bits per heavy atom. The van der Waals surface area contributed by atoms with E-state index in [1.807, 2.05) is 11.8 Å². The molecule has 0 bridgehead atoms. The van der Waals surface area contributed by atoms with Gasteiger partial charge in [0.15, 0.2) is 0 Å². The Labute approximate surface area is 106 Å². The maximum Gasteiger partial charge on any atom is 0.0110 e. The second-order valence-electron chi connectivity index (χ2n) is 4.82. The van der Waals surface area contributed by atoms with Gasteiger partial charge in [-0.05, 0) is 42.2 Å². The van der Waals surface area contributed by atoms with Crippen molar-refractivity contribution in [3.63, 3.8) is 0 Å². The van der Waals surface area contributed by atoms with Crippen LogP contribution < -0.4 is 5.73 Å². The summed E-state index contributed by atoms with van der Waals surface area (Å²) in [6.45, 7) is 0. The Balaban J connectivity index is 1.81. The molecule has 2 atom stereocenters. The van der Waals surface area contributed by atoms with E-state index in [2.05, 4.69) is 42.5 Å². The number of benzene rings is 2. The van der Waals surface area contributed by atoms with Gasteiger partial charge in [-0.1, -0.05) is 30.3 Å². The molecular weight excluding hydrogens is 226 g/mol. The van der Waals surface area contributed by atoms with Crippen LogP contribution in [-0.2, 0) is 0 Å². The van der Waals surface area contributed by atoms with Gasteiger partial charge in [-0.2, -0.15) is 0 Å². The van der Waals surface area contributed by atoms with Gasteiger partial charge in [0.2, 0.25) is 0 Å². The molecule has 2 unspecified atom stereocenters. The summed E-state index contributed by atoms with van der Waals surface area (Å²) in [5, 5.41) is 3.37. The molecule has 1 aliphatic rings. The molecule has 0 aromatic heterocycles.